The number of anilines is 1. The Bertz CT molecular complexity index is 678. The van der Waals surface area contributed by atoms with E-state index in [0.717, 1.165) is 18.5 Å². The Morgan fingerprint density at radius 1 is 1.41 bits per heavy atom. The maximum absolute atomic E-state index is 15.0. The molecule has 2 N–H and O–H groups in total. The lowest BCUT2D eigenvalue weighted by molar-refractivity contribution is -0.117. The quantitative estimate of drug-likeness (QED) is 0.859. The number of carbonyl (C=O) groups excluding carboxylic acids is 1. The zero-order valence-corrected chi connectivity index (χ0v) is 12.8. The van der Waals surface area contributed by atoms with Crippen LogP contribution in [0.4, 0.5) is 10.1 Å². The summed E-state index contributed by atoms with van der Waals surface area (Å²) in [6.45, 7) is 1.27. The SMILES string of the molecule is COc1ccc(C2=CCCNC2)c(F)c1N1CC(=O)NS1=O. The highest BCUT2D eigenvalue weighted by molar-refractivity contribution is 7.85. The van der Waals surface area contributed by atoms with Crippen LogP contribution in [-0.4, -0.2) is 36.9 Å². The summed E-state index contributed by atoms with van der Waals surface area (Å²) in [6.07, 6.45) is 2.81. The molecule has 1 atom stereocenters. The normalized spacial score (nSPS) is 21.5. The molecule has 0 bridgehead atoms. The molecule has 2 aliphatic heterocycles. The van der Waals surface area contributed by atoms with Gasteiger partial charge in [-0.05, 0) is 30.7 Å². The van der Waals surface area contributed by atoms with Gasteiger partial charge in [0.1, 0.15) is 18.0 Å². The first-order valence-corrected chi connectivity index (χ1v) is 7.98. The molecule has 8 heteroatoms. The monoisotopic (exact) mass is 325 g/mol. The van der Waals surface area contributed by atoms with Crippen molar-refractivity contribution in [1.29, 1.82) is 0 Å². The standard InChI is InChI=1S/C14H16FN3O3S/c1-21-11-5-4-10(9-3-2-6-16-7-9)13(15)14(11)18-8-12(19)17-22(18)20/h3-5,16H,2,6-8H2,1H3,(H,17,19). The van der Waals surface area contributed by atoms with Gasteiger partial charge in [0.25, 0.3) is 5.91 Å². The second kappa shape index (κ2) is 6.05. The molecule has 1 fully saturated rings. The Labute approximate surface area is 130 Å². The van der Waals surface area contributed by atoms with Crippen molar-refractivity contribution in [2.45, 2.75) is 6.42 Å². The zero-order chi connectivity index (χ0) is 15.7. The summed E-state index contributed by atoms with van der Waals surface area (Å²) in [5.74, 6) is -0.696. The molecule has 0 radical (unpaired) electrons. The number of ether oxygens (including phenoxy) is 1. The van der Waals surface area contributed by atoms with Gasteiger partial charge in [-0.3, -0.25) is 13.8 Å². The molecule has 118 valence electrons. The predicted molar refractivity (Wildman–Crippen MR) is 82.0 cm³/mol. The molecule has 2 heterocycles. The number of nitrogens with zero attached hydrogens (tertiary/aromatic N) is 1. The molecule has 0 aromatic heterocycles. The minimum atomic E-state index is -1.80. The largest absolute Gasteiger partial charge is 0.494 e. The zero-order valence-electron chi connectivity index (χ0n) is 12.0. The van der Waals surface area contributed by atoms with Crippen LogP contribution in [0, 0.1) is 5.82 Å². The molecular formula is C14H16FN3O3S. The average Bonchev–Trinajstić information content (AvgIpc) is 2.86. The van der Waals surface area contributed by atoms with Crippen LogP contribution in [0.25, 0.3) is 5.57 Å². The van der Waals surface area contributed by atoms with E-state index < -0.39 is 22.9 Å². The van der Waals surface area contributed by atoms with Crippen molar-refractivity contribution >= 4 is 28.3 Å². The summed E-state index contributed by atoms with van der Waals surface area (Å²) < 4.78 is 35.5. The minimum Gasteiger partial charge on any atom is -0.494 e. The van der Waals surface area contributed by atoms with Gasteiger partial charge in [-0.15, -0.1) is 0 Å². The highest BCUT2D eigenvalue weighted by Gasteiger charge is 2.32. The lowest BCUT2D eigenvalue weighted by Crippen LogP contribution is -2.25. The van der Waals surface area contributed by atoms with E-state index in [0.29, 0.717) is 12.1 Å². The summed E-state index contributed by atoms with van der Waals surface area (Å²) in [5, 5.41) is 3.19. The van der Waals surface area contributed by atoms with E-state index in [1.165, 1.54) is 11.4 Å². The fourth-order valence-corrected chi connectivity index (χ4v) is 3.52. The third-order valence-electron chi connectivity index (χ3n) is 3.61. The first kappa shape index (κ1) is 15.0. The van der Waals surface area contributed by atoms with Crippen LogP contribution >= 0.6 is 0 Å². The van der Waals surface area contributed by atoms with Gasteiger partial charge < -0.3 is 10.1 Å². The lowest BCUT2D eigenvalue weighted by Gasteiger charge is -2.21. The fourth-order valence-electron chi connectivity index (χ4n) is 2.58. The number of hydrogen-bond donors (Lipinski definition) is 2. The summed E-state index contributed by atoms with van der Waals surface area (Å²) in [6, 6.07) is 3.27. The van der Waals surface area contributed by atoms with Gasteiger partial charge in [0.2, 0.25) is 11.2 Å². The number of benzene rings is 1. The number of methoxy groups -OCH3 is 1. The Morgan fingerprint density at radius 3 is 2.82 bits per heavy atom. The van der Waals surface area contributed by atoms with Crippen molar-refractivity contribution < 1.29 is 18.1 Å². The van der Waals surface area contributed by atoms with Crippen LogP contribution in [0.3, 0.4) is 0 Å². The molecule has 0 saturated carbocycles. The van der Waals surface area contributed by atoms with E-state index in [-0.39, 0.29) is 18.0 Å². The number of carbonyl (C=O) groups is 1. The molecule has 6 nitrogen and oxygen atoms in total. The van der Waals surface area contributed by atoms with Crippen LogP contribution in [0.5, 0.6) is 5.75 Å². The molecule has 0 spiro atoms. The maximum Gasteiger partial charge on any atom is 0.253 e. The number of rotatable bonds is 3. The van der Waals surface area contributed by atoms with Gasteiger partial charge in [-0.25, -0.2) is 8.60 Å². The summed E-state index contributed by atoms with van der Waals surface area (Å²) in [7, 11) is 1.41. The van der Waals surface area contributed by atoms with Crippen molar-refractivity contribution in [1.82, 2.24) is 10.0 Å². The van der Waals surface area contributed by atoms with Crippen LogP contribution in [-0.2, 0) is 16.0 Å². The highest BCUT2D eigenvalue weighted by atomic mass is 32.2. The third kappa shape index (κ3) is 2.59. The highest BCUT2D eigenvalue weighted by Crippen LogP contribution is 2.37. The van der Waals surface area contributed by atoms with Crippen molar-refractivity contribution in [2.24, 2.45) is 0 Å². The van der Waals surface area contributed by atoms with Gasteiger partial charge in [0.05, 0.1) is 7.11 Å². The predicted octanol–water partition coefficient (Wildman–Crippen LogP) is 0.726. The van der Waals surface area contributed by atoms with E-state index in [9.17, 15) is 13.4 Å². The van der Waals surface area contributed by atoms with Gasteiger partial charge in [0, 0.05) is 12.1 Å². The summed E-state index contributed by atoms with van der Waals surface area (Å²) in [5.41, 5.74) is 1.32. The van der Waals surface area contributed by atoms with Gasteiger partial charge in [-0.1, -0.05) is 6.08 Å². The molecule has 0 aliphatic carbocycles. The number of nitrogens with one attached hydrogen (secondary N) is 2. The molecule has 22 heavy (non-hydrogen) atoms. The van der Waals surface area contributed by atoms with E-state index in [4.69, 9.17) is 4.74 Å². The minimum absolute atomic E-state index is 0.0446. The molecule has 1 saturated heterocycles. The van der Waals surface area contributed by atoms with Crippen molar-refractivity contribution in [3.05, 3.63) is 29.6 Å². The Balaban J connectivity index is 2.09. The topological polar surface area (TPSA) is 70.7 Å². The number of amides is 1. The average molecular weight is 325 g/mol. The maximum atomic E-state index is 15.0. The third-order valence-corrected chi connectivity index (χ3v) is 4.72. The first-order chi connectivity index (χ1) is 10.6. The second-order valence-electron chi connectivity index (χ2n) is 4.98. The molecule has 1 aromatic carbocycles. The van der Waals surface area contributed by atoms with Crippen molar-refractivity contribution in [2.75, 3.05) is 31.0 Å². The summed E-state index contributed by atoms with van der Waals surface area (Å²) >= 11 is -1.80. The second-order valence-corrected chi connectivity index (χ2v) is 6.13. The molecule has 3 rings (SSSR count). The van der Waals surface area contributed by atoms with Gasteiger partial charge >= 0.3 is 0 Å². The van der Waals surface area contributed by atoms with Crippen LogP contribution < -0.4 is 19.1 Å². The van der Waals surface area contributed by atoms with Crippen molar-refractivity contribution in [3.8, 4) is 5.75 Å². The van der Waals surface area contributed by atoms with E-state index in [2.05, 4.69) is 10.0 Å². The number of hydrogen-bond acceptors (Lipinski definition) is 4. The van der Waals surface area contributed by atoms with Crippen LogP contribution in [0.15, 0.2) is 18.2 Å². The molecule has 2 aliphatic rings. The van der Waals surface area contributed by atoms with Crippen molar-refractivity contribution in [3.63, 3.8) is 0 Å². The Hall–Kier alpha value is -1.93. The Kier molecular flexibility index (Phi) is 4.12. The van der Waals surface area contributed by atoms with Gasteiger partial charge in [-0.2, -0.15) is 0 Å². The Morgan fingerprint density at radius 2 is 2.23 bits per heavy atom. The molecule has 1 amide bonds. The fraction of sp³-hybridized carbons (Fsp3) is 0.357. The molecular weight excluding hydrogens is 309 g/mol. The number of halogens is 1. The molecule has 1 aromatic rings. The van der Waals surface area contributed by atoms with E-state index >= 15 is 0 Å². The van der Waals surface area contributed by atoms with E-state index in [1.807, 2.05) is 6.08 Å². The van der Waals surface area contributed by atoms with Gasteiger partial charge in [0.15, 0.2) is 5.82 Å². The lowest BCUT2D eigenvalue weighted by atomic mass is 10.0. The first-order valence-electron chi connectivity index (χ1n) is 6.87. The molecule has 1 unspecified atom stereocenters. The summed E-state index contributed by atoms with van der Waals surface area (Å²) in [4.78, 5) is 11.4. The van der Waals surface area contributed by atoms with Crippen LogP contribution in [0.2, 0.25) is 0 Å². The van der Waals surface area contributed by atoms with E-state index in [1.54, 1.807) is 12.1 Å². The van der Waals surface area contributed by atoms with Crippen LogP contribution in [0.1, 0.15) is 12.0 Å². The smallest absolute Gasteiger partial charge is 0.253 e.